The van der Waals surface area contributed by atoms with E-state index in [1.807, 2.05) is 24.3 Å². The van der Waals surface area contributed by atoms with E-state index in [0.717, 1.165) is 16.7 Å². The second kappa shape index (κ2) is 4.34. The molecular formula is C18H16O2. The summed E-state index contributed by atoms with van der Waals surface area (Å²) in [4.78, 5) is 11.2. The van der Waals surface area contributed by atoms with Gasteiger partial charge in [-0.2, -0.15) is 0 Å². The molecule has 0 aliphatic heterocycles. The van der Waals surface area contributed by atoms with Crippen LogP contribution >= 0.6 is 0 Å². The second-order valence-electron chi connectivity index (χ2n) is 5.71. The number of hydrogen-bond donors (Lipinski definition) is 1. The molecule has 0 saturated carbocycles. The van der Waals surface area contributed by atoms with E-state index in [2.05, 4.69) is 32.1 Å². The van der Waals surface area contributed by atoms with Crippen molar-refractivity contribution < 1.29 is 9.90 Å². The van der Waals surface area contributed by atoms with Crippen molar-refractivity contribution in [2.24, 2.45) is 0 Å². The lowest BCUT2D eigenvalue weighted by molar-refractivity contribution is 0.0697. The molecule has 20 heavy (non-hydrogen) atoms. The third-order valence-corrected chi connectivity index (χ3v) is 3.84. The summed E-state index contributed by atoms with van der Waals surface area (Å²) in [5, 5.41) is 9.18. The smallest absolute Gasteiger partial charge is 0.335 e. The maximum atomic E-state index is 11.2. The standard InChI is InChI=1S/C18H16O2/c1-18(2)11-15(12-6-4-3-5-7-12)14-10-13(17(19)20)8-9-16(14)18/h3-11H,1-2H3,(H,19,20). The molecule has 2 aromatic rings. The molecule has 0 heterocycles. The fraction of sp³-hybridized carbons (Fsp3) is 0.167. The number of carboxylic acids is 1. The topological polar surface area (TPSA) is 37.3 Å². The zero-order valence-electron chi connectivity index (χ0n) is 11.6. The Kier molecular flexibility index (Phi) is 2.75. The zero-order chi connectivity index (χ0) is 14.3. The van der Waals surface area contributed by atoms with Crippen molar-refractivity contribution >= 4 is 11.5 Å². The minimum absolute atomic E-state index is 0.0719. The molecule has 2 aromatic carbocycles. The summed E-state index contributed by atoms with van der Waals surface area (Å²) in [7, 11) is 0. The SMILES string of the molecule is CC1(C)C=C(c2ccccc2)c2cc(C(=O)O)ccc21. The Morgan fingerprint density at radius 3 is 2.40 bits per heavy atom. The van der Waals surface area contributed by atoms with Gasteiger partial charge in [0.2, 0.25) is 0 Å². The van der Waals surface area contributed by atoms with Crippen LogP contribution < -0.4 is 0 Å². The molecule has 1 N–H and O–H groups in total. The summed E-state index contributed by atoms with van der Waals surface area (Å²) in [6.07, 6.45) is 2.22. The number of hydrogen-bond acceptors (Lipinski definition) is 1. The largest absolute Gasteiger partial charge is 0.478 e. The molecule has 3 rings (SSSR count). The van der Waals surface area contributed by atoms with Crippen LogP contribution in [-0.4, -0.2) is 11.1 Å². The minimum atomic E-state index is -0.884. The van der Waals surface area contributed by atoms with Crippen molar-refractivity contribution in [3.8, 4) is 0 Å². The van der Waals surface area contributed by atoms with Crippen LogP contribution in [0.5, 0.6) is 0 Å². The van der Waals surface area contributed by atoms with E-state index in [0.29, 0.717) is 5.56 Å². The van der Waals surface area contributed by atoms with Gasteiger partial charge in [-0.1, -0.05) is 56.3 Å². The van der Waals surface area contributed by atoms with Gasteiger partial charge in [-0.3, -0.25) is 0 Å². The van der Waals surface area contributed by atoms with Crippen LogP contribution in [0, 0.1) is 0 Å². The Morgan fingerprint density at radius 1 is 1.05 bits per heavy atom. The molecule has 1 aliphatic rings. The van der Waals surface area contributed by atoms with Crippen LogP contribution in [0.4, 0.5) is 0 Å². The van der Waals surface area contributed by atoms with Gasteiger partial charge < -0.3 is 5.11 Å². The number of carbonyl (C=O) groups is 1. The Bertz CT molecular complexity index is 709. The van der Waals surface area contributed by atoms with E-state index in [1.165, 1.54) is 5.56 Å². The van der Waals surface area contributed by atoms with Crippen LogP contribution in [0.2, 0.25) is 0 Å². The molecule has 0 spiro atoms. The maximum absolute atomic E-state index is 11.2. The summed E-state index contributed by atoms with van der Waals surface area (Å²) < 4.78 is 0. The quantitative estimate of drug-likeness (QED) is 0.886. The molecule has 100 valence electrons. The van der Waals surface area contributed by atoms with Gasteiger partial charge in [-0.05, 0) is 34.4 Å². The summed E-state index contributed by atoms with van der Waals surface area (Å²) in [5.41, 5.74) is 4.72. The van der Waals surface area contributed by atoms with E-state index in [9.17, 15) is 9.90 Å². The maximum Gasteiger partial charge on any atom is 0.335 e. The number of carboxylic acid groups (broad SMARTS) is 1. The predicted octanol–water partition coefficient (Wildman–Crippen LogP) is 4.11. The Morgan fingerprint density at radius 2 is 1.75 bits per heavy atom. The van der Waals surface area contributed by atoms with E-state index in [4.69, 9.17) is 0 Å². The first-order chi connectivity index (χ1) is 9.49. The molecule has 0 bridgehead atoms. The molecule has 1 aliphatic carbocycles. The van der Waals surface area contributed by atoms with Crippen LogP contribution in [0.15, 0.2) is 54.6 Å². The summed E-state index contributed by atoms with van der Waals surface area (Å²) in [5.74, 6) is -0.884. The third-order valence-electron chi connectivity index (χ3n) is 3.84. The van der Waals surface area contributed by atoms with Gasteiger partial charge in [0.1, 0.15) is 0 Å². The first-order valence-corrected chi connectivity index (χ1v) is 6.65. The van der Waals surface area contributed by atoms with Crippen molar-refractivity contribution in [3.05, 3.63) is 76.9 Å². The van der Waals surface area contributed by atoms with Crippen LogP contribution in [0.3, 0.4) is 0 Å². The molecule has 0 aromatic heterocycles. The molecular weight excluding hydrogens is 248 g/mol. The molecule has 2 nitrogen and oxygen atoms in total. The predicted molar refractivity (Wildman–Crippen MR) is 79.9 cm³/mol. The molecule has 0 amide bonds. The Hall–Kier alpha value is -2.35. The Labute approximate surface area is 118 Å². The highest BCUT2D eigenvalue weighted by Gasteiger charge is 2.30. The van der Waals surface area contributed by atoms with Crippen molar-refractivity contribution in [2.75, 3.05) is 0 Å². The fourth-order valence-corrected chi connectivity index (χ4v) is 2.83. The first-order valence-electron chi connectivity index (χ1n) is 6.65. The highest BCUT2D eigenvalue weighted by atomic mass is 16.4. The van der Waals surface area contributed by atoms with Crippen molar-refractivity contribution in [1.82, 2.24) is 0 Å². The lowest BCUT2D eigenvalue weighted by Crippen LogP contribution is -2.11. The van der Waals surface area contributed by atoms with Gasteiger partial charge in [0.15, 0.2) is 0 Å². The number of rotatable bonds is 2. The average Bonchev–Trinajstić information content (AvgIpc) is 2.71. The molecule has 0 saturated heterocycles. The summed E-state index contributed by atoms with van der Waals surface area (Å²) in [6, 6.07) is 15.5. The van der Waals surface area contributed by atoms with Gasteiger partial charge in [-0.25, -0.2) is 4.79 Å². The normalized spacial score (nSPS) is 15.6. The lowest BCUT2D eigenvalue weighted by atomic mass is 9.86. The van der Waals surface area contributed by atoms with Crippen LogP contribution in [-0.2, 0) is 5.41 Å². The van der Waals surface area contributed by atoms with E-state index in [-0.39, 0.29) is 5.41 Å². The molecule has 0 unspecified atom stereocenters. The van der Waals surface area contributed by atoms with E-state index >= 15 is 0 Å². The van der Waals surface area contributed by atoms with E-state index < -0.39 is 5.97 Å². The van der Waals surface area contributed by atoms with E-state index in [1.54, 1.807) is 12.1 Å². The first kappa shape index (κ1) is 12.7. The Balaban J connectivity index is 2.21. The minimum Gasteiger partial charge on any atom is -0.478 e. The second-order valence-corrected chi connectivity index (χ2v) is 5.71. The monoisotopic (exact) mass is 264 g/mol. The van der Waals surface area contributed by atoms with Crippen LogP contribution in [0.25, 0.3) is 5.57 Å². The molecule has 0 atom stereocenters. The summed E-state index contributed by atoms with van der Waals surface area (Å²) >= 11 is 0. The number of aromatic carboxylic acids is 1. The highest BCUT2D eigenvalue weighted by Crippen LogP contribution is 2.43. The fourth-order valence-electron chi connectivity index (χ4n) is 2.83. The summed E-state index contributed by atoms with van der Waals surface area (Å²) in [6.45, 7) is 4.31. The number of fused-ring (bicyclic) bond motifs is 1. The zero-order valence-corrected chi connectivity index (χ0v) is 11.6. The third kappa shape index (κ3) is 1.94. The van der Waals surface area contributed by atoms with Gasteiger partial charge in [0, 0.05) is 5.41 Å². The molecule has 0 fully saturated rings. The molecule has 0 radical (unpaired) electrons. The van der Waals surface area contributed by atoms with Crippen LogP contribution in [0.1, 0.15) is 40.9 Å². The lowest BCUT2D eigenvalue weighted by Gasteiger charge is -2.17. The van der Waals surface area contributed by atoms with Gasteiger partial charge in [0.05, 0.1) is 5.56 Å². The van der Waals surface area contributed by atoms with Gasteiger partial charge in [0.25, 0.3) is 0 Å². The number of benzene rings is 2. The highest BCUT2D eigenvalue weighted by molar-refractivity contribution is 5.93. The van der Waals surface area contributed by atoms with Crippen molar-refractivity contribution in [3.63, 3.8) is 0 Å². The van der Waals surface area contributed by atoms with Gasteiger partial charge >= 0.3 is 5.97 Å². The van der Waals surface area contributed by atoms with Crippen molar-refractivity contribution in [2.45, 2.75) is 19.3 Å². The molecule has 2 heteroatoms. The van der Waals surface area contributed by atoms with Crippen molar-refractivity contribution in [1.29, 1.82) is 0 Å². The number of allylic oxidation sites excluding steroid dienone is 1. The van der Waals surface area contributed by atoms with Gasteiger partial charge in [-0.15, -0.1) is 0 Å². The average molecular weight is 264 g/mol.